The molecule has 27 heavy (non-hydrogen) atoms. The summed E-state index contributed by atoms with van der Waals surface area (Å²) in [6, 6.07) is 4.13. The summed E-state index contributed by atoms with van der Waals surface area (Å²) in [5, 5.41) is 9.87. The van der Waals surface area contributed by atoms with E-state index >= 15 is 0 Å². The van der Waals surface area contributed by atoms with Crippen LogP contribution in [0.1, 0.15) is 41.7 Å². The normalized spacial score (nSPS) is 11.7. The lowest BCUT2D eigenvalue weighted by atomic mass is 10.2. The molecule has 0 unspecified atom stereocenters. The standard InChI is InChI=1S/C19H26N6S.HI/c1-13(2)16-12-26-17(24-16)10-22-19(20-4)21-8-7-15-11-25-9-5-6-14(3)18(25)23-15;/h5-6,9,11-13H,7-8,10H2,1-4H3,(H2,20,21,22);1H. The Bertz CT molecular complexity index is 899. The van der Waals surface area contributed by atoms with Gasteiger partial charge in [0.15, 0.2) is 5.96 Å². The van der Waals surface area contributed by atoms with Crippen LogP contribution in [0.25, 0.3) is 5.65 Å². The molecule has 0 aliphatic rings. The minimum Gasteiger partial charge on any atom is -0.356 e. The lowest BCUT2D eigenvalue weighted by molar-refractivity contribution is 0.774. The van der Waals surface area contributed by atoms with Gasteiger partial charge in [0.05, 0.1) is 17.9 Å². The summed E-state index contributed by atoms with van der Waals surface area (Å²) in [6.07, 6.45) is 4.96. The Balaban J connectivity index is 0.00000261. The van der Waals surface area contributed by atoms with E-state index in [2.05, 4.69) is 63.4 Å². The Morgan fingerprint density at radius 3 is 2.78 bits per heavy atom. The molecule has 0 aromatic carbocycles. The molecule has 6 nitrogen and oxygen atoms in total. The van der Waals surface area contributed by atoms with Gasteiger partial charge in [0.2, 0.25) is 0 Å². The fourth-order valence-corrected chi connectivity index (χ4v) is 3.58. The van der Waals surface area contributed by atoms with E-state index in [1.165, 1.54) is 5.56 Å². The maximum Gasteiger partial charge on any atom is 0.191 e. The Morgan fingerprint density at radius 1 is 1.30 bits per heavy atom. The highest BCUT2D eigenvalue weighted by Crippen LogP contribution is 2.17. The number of nitrogens with one attached hydrogen (secondary N) is 2. The number of nitrogens with zero attached hydrogens (tertiary/aromatic N) is 4. The van der Waals surface area contributed by atoms with Crippen LogP contribution >= 0.6 is 35.3 Å². The topological polar surface area (TPSA) is 66.6 Å². The number of aromatic nitrogens is 3. The van der Waals surface area contributed by atoms with Crippen molar-refractivity contribution in [3.05, 3.63) is 51.9 Å². The van der Waals surface area contributed by atoms with Gasteiger partial charge in [-0.25, -0.2) is 9.97 Å². The second-order valence-electron chi connectivity index (χ2n) is 6.58. The highest BCUT2D eigenvalue weighted by molar-refractivity contribution is 14.0. The summed E-state index contributed by atoms with van der Waals surface area (Å²) in [4.78, 5) is 13.6. The second-order valence-corrected chi connectivity index (χ2v) is 7.52. The molecule has 0 spiro atoms. The molecule has 0 bridgehead atoms. The van der Waals surface area contributed by atoms with Crippen molar-refractivity contribution >= 4 is 46.9 Å². The molecule has 3 aromatic rings. The van der Waals surface area contributed by atoms with Gasteiger partial charge in [-0.1, -0.05) is 19.9 Å². The number of guanidine groups is 1. The zero-order chi connectivity index (χ0) is 18.5. The minimum atomic E-state index is 0. The van der Waals surface area contributed by atoms with Gasteiger partial charge >= 0.3 is 0 Å². The van der Waals surface area contributed by atoms with E-state index < -0.39 is 0 Å². The Labute approximate surface area is 181 Å². The van der Waals surface area contributed by atoms with Gasteiger partial charge < -0.3 is 15.0 Å². The molecule has 3 rings (SSSR count). The molecule has 0 aliphatic carbocycles. The lowest BCUT2D eigenvalue weighted by Crippen LogP contribution is -2.37. The number of aryl methyl sites for hydroxylation is 1. The van der Waals surface area contributed by atoms with Crippen LogP contribution in [0, 0.1) is 6.92 Å². The SMILES string of the molecule is CN=C(NCCc1cn2cccc(C)c2n1)NCc1nc(C(C)C)cs1.I. The maximum absolute atomic E-state index is 4.70. The number of imidazole rings is 1. The van der Waals surface area contributed by atoms with Crippen LogP contribution in [0.5, 0.6) is 0 Å². The first kappa shape index (κ1) is 21.6. The highest BCUT2D eigenvalue weighted by Gasteiger charge is 2.07. The summed E-state index contributed by atoms with van der Waals surface area (Å²) < 4.78 is 2.08. The predicted molar refractivity (Wildman–Crippen MR) is 123 cm³/mol. The molecule has 0 atom stereocenters. The van der Waals surface area contributed by atoms with Gasteiger partial charge in [-0.3, -0.25) is 4.99 Å². The molecule has 0 aliphatic heterocycles. The van der Waals surface area contributed by atoms with Crippen LogP contribution in [0.2, 0.25) is 0 Å². The van der Waals surface area contributed by atoms with Crippen molar-refractivity contribution in [2.45, 2.75) is 39.7 Å². The lowest BCUT2D eigenvalue weighted by Gasteiger charge is -2.10. The van der Waals surface area contributed by atoms with Crippen molar-refractivity contribution in [1.82, 2.24) is 25.0 Å². The van der Waals surface area contributed by atoms with Crippen molar-refractivity contribution in [3.63, 3.8) is 0 Å². The minimum absolute atomic E-state index is 0. The van der Waals surface area contributed by atoms with Crippen molar-refractivity contribution in [1.29, 1.82) is 0 Å². The molecule has 146 valence electrons. The van der Waals surface area contributed by atoms with Gasteiger partial charge in [-0.05, 0) is 24.5 Å². The van der Waals surface area contributed by atoms with Crippen LogP contribution in [-0.2, 0) is 13.0 Å². The molecular weight excluding hydrogens is 471 g/mol. The summed E-state index contributed by atoms with van der Waals surface area (Å²) in [7, 11) is 1.78. The van der Waals surface area contributed by atoms with Gasteiger partial charge in [0.1, 0.15) is 10.7 Å². The van der Waals surface area contributed by atoms with Crippen LogP contribution in [0.3, 0.4) is 0 Å². The molecule has 0 amide bonds. The number of pyridine rings is 1. The van der Waals surface area contributed by atoms with Crippen molar-refractivity contribution in [2.24, 2.45) is 4.99 Å². The van der Waals surface area contributed by atoms with Crippen molar-refractivity contribution in [3.8, 4) is 0 Å². The highest BCUT2D eigenvalue weighted by atomic mass is 127. The monoisotopic (exact) mass is 498 g/mol. The van der Waals surface area contributed by atoms with Crippen LogP contribution < -0.4 is 10.6 Å². The van der Waals surface area contributed by atoms with E-state index in [-0.39, 0.29) is 24.0 Å². The van der Waals surface area contributed by atoms with E-state index in [0.29, 0.717) is 12.5 Å². The molecule has 0 fully saturated rings. The first-order valence-corrected chi connectivity index (χ1v) is 9.77. The molecule has 2 N–H and O–H groups in total. The molecular formula is C19H27IN6S. The predicted octanol–water partition coefficient (Wildman–Crippen LogP) is 3.75. The third-order valence-corrected chi connectivity index (χ3v) is 5.06. The van der Waals surface area contributed by atoms with Crippen LogP contribution in [0.15, 0.2) is 34.9 Å². The van der Waals surface area contributed by atoms with Gasteiger partial charge in [-0.15, -0.1) is 35.3 Å². The van der Waals surface area contributed by atoms with Gasteiger partial charge in [-0.2, -0.15) is 0 Å². The number of hydrogen-bond donors (Lipinski definition) is 2. The van der Waals surface area contributed by atoms with Gasteiger partial charge in [0.25, 0.3) is 0 Å². The fraction of sp³-hybridized carbons (Fsp3) is 0.421. The van der Waals surface area contributed by atoms with E-state index in [1.54, 1.807) is 18.4 Å². The van der Waals surface area contributed by atoms with E-state index in [0.717, 1.165) is 41.0 Å². The first-order valence-electron chi connectivity index (χ1n) is 8.89. The smallest absolute Gasteiger partial charge is 0.191 e. The van der Waals surface area contributed by atoms with E-state index in [4.69, 9.17) is 4.98 Å². The van der Waals surface area contributed by atoms with Gasteiger partial charge in [0, 0.05) is 37.8 Å². The Morgan fingerprint density at radius 2 is 2.11 bits per heavy atom. The second kappa shape index (κ2) is 10.0. The summed E-state index contributed by atoms with van der Waals surface area (Å²) >= 11 is 1.69. The van der Waals surface area contributed by atoms with Crippen LogP contribution in [-0.4, -0.2) is 33.9 Å². The average molecular weight is 498 g/mol. The Hall–Kier alpha value is -1.68. The molecule has 3 aromatic heterocycles. The summed E-state index contributed by atoms with van der Waals surface area (Å²) in [5.74, 6) is 1.25. The summed E-state index contributed by atoms with van der Waals surface area (Å²) in [6.45, 7) is 7.86. The number of halogens is 1. The fourth-order valence-electron chi connectivity index (χ4n) is 2.69. The molecule has 8 heteroatoms. The van der Waals surface area contributed by atoms with E-state index in [1.807, 2.05) is 12.3 Å². The number of fused-ring (bicyclic) bond motifs is 1. The molecule has 0 saturated heterocycles. The third-order valence-electron chi connectivity index (χ3n) is 4.19. The average Bonchev–Trinajstić information content (AvgIpc) is 3.25. The number of rotatable bonds is 6. The first-order chi connectivity index (χ1) is 12.6. The molecule has 0 radical (unpaired) electrons. The number of thiazole rings is 1. The zero-order valence-electron chi connectivity index (χ0n) is 16.2. The third kappa shape index (κ3) is 5.65. The molecule has 0 saturated carbocycles. The molecule has 3 heterocycles. The summed E-state index contributed by atoms with van der Waals surface area (Å²) in [5.41, 5.74) is 4.43. The number of aliphatic imine (C=N–C) groups is 1. The van der Waals surface area contributed by atoms with E-state index in [9.17, 15) is 0 Å². The largest absolute Gasteiger partial charge is 0.356 e. The quantitative estimate of drug-likeness (QED) is 0.309. The van der Waals surface area contributed by atoms with Crippen molar-refractivity contribution < 1.29 is 0 Å². The van der Waals surface area contributed by atoms with Crippen LogP contribution in [0.4, 0.5) is 0 Å². The van der Waals surface area contributed by atoms with Crippen molar-refractivity contribution in [2.75, 3.05) is 13.6 Å². The number of hydrogen-bond acceptors (Lipinski definition) is 4. The zero-order valence-corrected chi connectivity index (χ0v) is 19.3. The maximum atomic E-state index is 4.70. The Kier molecular flexibility index (Phi) is 8.03.